The van der Waals surface area contributed by atoms with Crippen LogP contribution in [0.3, 0.4) is 0 Å². The lowest BCUT2D eigenvalue weighted by molar-refractivity contribution is 0.167. The quantitative estimate of drug-likeness (QED) is 0.655. The lowest BCUT2D eigenvalue weighted by atomic mass is 9.95. The van der Waals surface area contributed by atoms with Gasteiger partial charge in [0.15, 0.2) is 0 Å². The van der Waals surface area contributed by atoms with Crippen LogP contribution in [-0.2, 0) is 0 Å². The molecule has 0 radical (unpaired) electrons. The number of benzene rings is 1. The minimum absolute atomic E-state index is 0.262. The zero-order valence-corrected chi connectivity index (χ0v) is 7.36. The summed E-state index contributed by atoms with van der Waals surface area (Å²) < 4.78 is 5.55. The Morgan fingerprint density at radius 3 is 3.23 bits per heavy atom. The first-order valence-corrected chi connectivity index (χ1v) is 4.80. The van der Waals surface area contributed by atoms with Crippen molar-refractivity contribution in [3.05, 3.63) is 29.3 Å². The fourth-order valence-corrected chi connectivity index (χ4v) is 2.50. The van der Waals surface area contributed by atoms with E-state index >= 15 is 0 Å². The summed E-state index contributed by atoms with van der Waals surface area (Å²) in [5, 5.41) is 9.78. The molecule has 1 aromatic carbocycles. The van der Waals surface area contributed by atoms with Crippen LogP contribution in [0.25, 0.3) is 0 Å². The van der Waals surface area contributed by atoms with Crippen molar-refractivity contribution < 1.29 is 9.84 Å². The van der Waals surface area contributed by atoms with Gasteiger partial charge in [-0.05, 0) is 30.4 Å². The van der Waals surface area contributed by atoms with Gasteiger partial charge in [-0.3, -0.25) is 0 Å². The van der Waals surface area contributed by atoms with Crippen LogP contribution in [0.15, 0.2) is 18.2 Å². The standard InChI is InChI=1S/C11H12O2/c12-9-6-7-4-5-13-10-3-1-2-8(9)11(7)10/h1-3,7,9,12H,4-6H2. The van der Waals surface area contributed by atoms with Crippen LogP contribution in [0.4, 0.5) is 0 Å². The fourth-order valence-electron chi connectivity index (χ4n) is 2.50. The minimum atomic E-state index is -0.262. The highest BCUT2D eigenvalue weighted by Gasteiger charge is 2.34. The van der Waals surface area contributed by atoms with Crippen LogP contribution in [0.2, 0.25) is 0 Å². The van der Waals surface area contributed by atoms with Gasteiger partial charge < -0.3 is 9.84 Å². The monoisotopic (exact) mass is 176 g/mol. The Morgan fingerprint density at radius 2 is 2.31 bits per heavy atom. The van der Waals surface area contributed by atoms with Crippen LogP contribution >= 0.6 is 0 Å². The molecule has 2 aliphatic rings. The first kappa shape index (κ1) is 7.39. The molecule has 0 amide bonds. The highest BCUT2D eigenvalue weighted by molar-refractivity contribution is 5.48. The zero-order valence-electron chi connectivity index (χ0n) is 7.36. The summed E-state index contributed by atoms with van der Waals surface area (Å²) in [6.45, 7) is 0.799. The Balaban J connectivity index is 2.22. The summed E-state index contributed by atoms with van der Waals surface area (Å²) in [7, 11) is 0. The lowest BCUT2D eigenvalue weighted by Gasteiger charge is -2.21. The van der Waals surface area contributed by atoms with Gasteiger partial charge in [0.25, 0.3) is 0 Å². The molecular weight excluding hydrogens is 164 g/mol. The molecule has 2 atom stereocenters. The zero-order chi connectivity index (χ0) is 8.84. The van der Waals surface area contributed by atoms with Crippen molar-refractivity contribution >= 4 is 0 Å². The van der Waals surface area contributed by atoms with Crippen LogP contribution in [0.5, 0.6) is 5.75 Å². The molecule has 0 saturated carbocycles. The van der Waals surface area contributed by atoms with Crippen molar-refractivity contribution in [3.63, 3.8) is 0 Å². The third-order valence-electron chi connectivity index (χ3n) is 3.10. The predicted octanol–water partition coefficient (Wildman–Crippen LogP) is 1.99. The third kappa shape index (κ3) is 0.923. The Morgan fingerprint density at radius 1 is 1.38 bits per heavy atom. The maximum absolute atomic E-state index is 9.78. The fraction of sp³-hybridized carbons (Fsp3) is 0.455. The number of aliphatic hydroxyl groups is 1. The Hall–Kier alpha value is -1.02. The summed E-state index contributed by atoms with van der Waals surface area (Å²) in [4.78, 5) is 0. The number of aliphatic hydroxyl groups excluding tert-OH is 1. The van der Waals surface area contributed by atoms with Crippen molar-refractivity contribution in [1.82, 2.24) is 0 Å². The average Bonchev–Trinajstić information content (AvgIpc) is 2.47. The molecule has 68 valence electrons. The molecule has 1 heterocycles. The summed E-state index contributed by atoms with van der Waals surface area (Å²) in [6.07, 6.45) is 1.68. The van der Waals surface area contributed by atoms with E-state index < -0.39 is 0 Å². The van der Waals surface area contributed by atoms with Crippen molar-refractivity contribution in [1.29, 1.82) is 0 Å². The molecular formula is C11H12O2. The molecule has 0 spiro atoms. The maximum atomic E-state index is 9.78. The maximum Gasteiger partial charge on any atom is 0.123 e. The van der Waals surface area contributed by atoms with Gasteiger partial charge in [-0.25, -0.2) is 0 Å². The summed E-state index contributed by atoms with van der Waals surface area (Å²) in [6, 6.07) is 5.98. The third-order valence-corrected chi connectivity index (χ3v) is 3.10. The van der Waals surface area contributed by atoms with E-state index in [0.717, 1.165) is 30.8 Å². The van der Waals surface area contributed by atoms with Crippen molar-refractivity contribution in [2.24, 2.45) is 0 Å². The lowest BCUT2D eigenvalue weighted by Crippen LogP contribution is -2.11. The average molecular weight is 176 g/mol. The number of hydrogen-bond donors (Lipinski definition) is 1. The van der Waals surface area contributed by atoms with Crippen molar-refractivity contribution in [2.45, 2.75) is 24.9 Å². The van der Waals surface area contributed by atoms with Gasteiger partial charge in [0.05, 0.1) is 12.7 Å². The minimum Gasteiger partial charge on any atom is -0.493 e. The molecule has 3 rings (SSSR count). The van der Waals surface area contributed by atoms with E-state index in [0.29, 0.717) is 5.92 Å². The Kier molecular flexibility index (Phi) is 1.41. The van der Waals surface area contributed by atoms with Crippen LogP contribution < -0.4 is 4.74 Å². The largest absolute Gasteiger partial charge is 0.493 e. The molecule has 2 heteroatoms. The Labute approximate surface area is 77.2 Å². The van der Waals surface area contributed by atoms with Gasteiger partial charge in [-0.2, -0.15) is 0 Å². The van der Waals surface area contributed by atoms with E-state index in [1.54, 1.807) is 0 Å². The van der Waals surface area contributed by atoms with E-state index in [4.69, 9.17) is 4.74 Å². The van der Waals surface area contributed by atoms with E-state index in [1.165, 1.54) is 5.56 Å². The number of ether oxygens (including phenoxy) is 1. The van der Waals surface area contributed by atoms with Gasteiger partial charge in [0, 0.05) is 5.56 Å². The van der Waals surface area contributed by atoms with Gasteiger partial charge in [0.1, 0.15) is 5.75 Å². The normalized spacial score (nSPS) is 29.6. The van der Waals surface area contributed by atoms with Crippen molar-refractivity contribution in [3.8, 4) is 5.75 Å². The molecule has 1 aliphatic carbocycles. The molecule has 1 aliphatic heterocycles. The summed E-state index contributed by atoms with van der Waals surface area (Å²) >= 11 is 0. The molecule has 0 aromatic heterocycles. The van der Waals surface area contributed by atoms with Gasteiger partial charge in [-0.1, -0.05) is 12.1 Å². The Bertz CT molecular complexity index is 346. The molecule has 2 nitrogen and oxygen atoms in total. The second kappa shape index (κ2) is 2.48. The molecule has 13 heavy (non-hydrogen) atoms. The summed E-state index contributed by atoms with van der Waals surface area (Å²) in [5.74, 6) is 1.53. The second-order valence-corrected chi connectivity index (χ2v) is 3.84. The van der Waals surface area contributed by atoms with Gasteiger partial charge in [-0.15, -0.1) is 0 Å². The van der Waals surface area contributed by atoms with E-state index in [2.05, 4.69) is 0 Å². The molecule has 2 unspecified atom stereocenters. The molecule has 0 saturated heterocycles. The smallest absolute Gasteiger partial charge is 0.123 e. The number of rotatable bonds is 0. The number of hydrogen-bond acceptors (Lipinski definition) is 2. The van der Waals surface area contributed by atoms with Crippen LogP contribution in [0.1, 0.15) is 36.0 Å². The highest BCUT2D eigenvalue weighted by atomic mass is 16.5. The molecule has 1 N–H and O–H groups in total. The highest BCUT2D eigenvalue weighted by Crippen LogP contribution is 2.48. The van der Waals surface area contributed by atoms with Crippen molar-refractivity contribution in [2.75, 3.05) is 6.61 Å². The topological polar surface area (TPSA) is 29.5 Å². The van der Waals surface area contributed by atoms with Gasteiger partial charge in [0.2, 0.25) is 0 Å². The van der Waals surface area contributed by atoms with E-state index in [1.807, 2.05) is 18.2 Å². The van der Waals surface area contributed by atoms with E-state index in [-0.39, 0.29) is 6.10 Å². The summed E-state index contributed by atoms with van der Waals surface area (Å²) in [5.41, 5.74) is 2.35. The first-order valence-electron chi connectivity index (χ1n) is 4.80. The SMILES string of the molecule is OC1CC2CCOc3cccc1c32. The second-order valence-electron chi connectivity index (χ2n) is 3.84. The van der Waals surface area contributed by atoms with Crippen LogP contribution in [-0.4, -0.2) is 11.7 Å². The first-order chi connectivity index (χ1) is 6.36. The predicted molar refractivity (Wildman–Crippen MR) is 48.9 cm³/mol. The molecule has 1 aromatic rings. The van der Waals surface area contributed by atoms with Gasteiger partial charge >= 0.3 is 0 Å². The molecule has 0 bridgehead atoms. The van der Waals surface area contributed by atoms with E-state index in [9.17, 15) is 5.11 Å². The molecule has 0 fully saturated rings. The van der Waals surface area contributed by atoms with Crippen LogP contribution in [0, 0.1) is 0 Å².